The average Bonchev–Trinajstić information content (AvgIpc) is 2.52. The fraction of sp³-hybridized carbons (Fsp3) is 0.786. The first kappa shape index (κ1) is 15.3. The molecule has 1 N–H and O–H groups in total. The van der Waals surface area contributed by atoms with E-state index in [1.165, 1.54) is 13.8 Å². The van der Waals surface area contributed by atoms with Crippen LogP contribution in [-0.4, -0.2) is 35.0 Å². The van der Waals surface area contributed by atoms with Crippen LogP contribution in [0.4, 0.5) is 0 Å². The van der Waals surface area contributed by atoms with Crippen LogP contribution in [0.1, 0.15) is 41.0 Å². The molecule has 0 amide bonds. The van der Waals surface area contributed by atoms with Gasteiger partial charge in [0.25, 0.3) is 0 Å². The smallest absolute Gasteiger partial charge is 0.164 e. The molecule has 0 aromatic carbocycles. The summed E-state index contributed by atoms with van der Waals surface area (Å²) in [5, 5.41) is 9.71. The molecular formula is C14H24O4. The maximum absolute atomic E-state index is 11.9. The number of hydrogen-bond acceptors (Lipinski definition) is 4. The van der Waals surface area contributed by atoms with Crippen molar-refractivity contribution in [2.45, 2.75) is 58.5 Å². The van der Waals surface area contributed by atoms with Gasteiger partial charge in [0.15, 0.2) is 11.6 Å². The van der Waals surface area contributed by atoms with Crippen molar-refractivity contribution in [3.05, 3.63) is 12.2 Å². The lowest BCUT2D eigenvalue weighted by atomic mass is 9.86. The number of hydrogen-bond donors (Lipinski definition) is 1. The van der Waals surface area contributed by atoms with Crippen LogP contribution in [0.15, 0.2) is 12.2 Å². The largest absolute Gasteiger partial charge is 0.383 e. The number of rotatable bonds is 5. The van der Waals surface area contributed by atoms with Crippen molar-refractivity contribution in [2.24, 2.45) is 5.92 Å². The van der Waals surface area contributed by atoms with Crippen molar-refractivity contribution < 1.29 is 19.4 Å². The molecule has 1 rings (SSSR count). The highest BCUT2D eigenvalue weighted by Gasteiger charge is 2.39. The molecule has 1 fully saturated rings. The molecule has 4 heteroatoms. The Bertz CT molecular complexity index is 338. The van der Waals surface area contributed by atoms with E-state index in [2.05, 4.69) is 6.58 Å². The van der Waals surface area contributed by atoms with E-state index in [1.54, 1.807) is 0 Å². The van der Waals surface area contributed by atoms with Gasteiger partial charge in [0.05, 0.1) is 12.7 Å². The highest BCUT2D eigenvalue weighted by Crippen LogP contribution is 2.32. The zero-order valence-corrected chi connectivity index (χ0v) is 11.9. The minimum atomic E-state index is -1.32. The summed E-state index contributed by atoms with van der Waals surface area (Å²) in [5.41, 5.74) is -0.443. The van der Waals surface area contributed by atoms with Gasteiger partial charge in [-0.25, -0.2) is 0 Å². The highest BCUT2D eigenvalue weighted by atomic mass is 16.7. The fourth-order valence-electron chi connectivity index (χ4n) is 1.99. The molecule has 0 aromatic heterocycles. The van der Waals surface area contributed by atoms with Gasteiger partial charge in [-0.2, -0.15) is 0 Å². The number of ether oxygens (including phenoxy) is 2. The van der Waals surface area contributed by atoms with Gasteiger partial charge in [0.1, 0.15) is 5.60 Å². The quantitative estimate of drug-likeness (QED) is 0.765. The minimum absolute atomic E-state index is 0.120. The van der Waals surface area contributed by atoms with E-state index < -0.39 is 11.4 Å². The van der Waals surface area contributed by atoms with Gasteiger partial charge < -0.3 is 14.6 Å². The molecule has 4 nitrogen and oxygen atoms in total. The Morgan fingerprint density at radius 3 is 2.44 bits per heavy atom. The first-order chi connectivity index (χ1) is 8.03. The summed E-state index contributed by atoms with van der Waals surface area (Å²) in [6.07, 6.45) is 0.0481. The summed E-state index contributed by atoms with van der Waals surface area (Å²) in [6.45, 7) is 12.9. The van der Waals surface area contributed by atoms with Crippen molar-refractivity contribution in [1.82, 2.24) is 0 Å². The molecule has 0 aliphatic carbocycles. The molecule has 0 bridgehead atoms. The van der Waals surface area contributed by atoms with Crippen LogP contribution < -0.4 is 0 Å². The van der Waals surface area contributed by atoms with Gasteiger partial charge in [-0.05, 0) is 34.6 Å². The number of aliphatic hydroxyl groups is 1. The third-order valence-electron chi connectivity index (χ3n) is 3.20. The van der Waals surface area contributed by atoms with Gasteiger partial charge in [-0.1, -0.05) is 12.2 Å². The fourth-order valence-corrected chi connectivity index (χ4v) is 1.99. The maximum atomic E-state index is 11.9. The van der Waals surface area contributed by atoms with Gasteiger partial charge in [-0.3, -0.25) is 4.79 Å². The van der Waals surface area contributed by atoms with Crippen molar-refractivity contribution >= 4 is 5.78 Å². The summed E-state index contributed by atoms with van der Waals surface area (Å²) in [4.78, 5) is 11.9. The van der Waals surface area contributed by atoms with Crippen LogP contribution >= 0.6 is 0 Å². The number of Topliss-reactive ketones (excluding diaryl/α,β-unsaturated/α-hetero) is 1. The second kappa shape index (κ2) is 5.11. The zero-order valence-electron chi connectivity index (χ0n) is 11.9. The second-order valence-corrected chi connectivity index (χ2v) is 6.01. The van der Waals surface area contributed by atoms with Crippen molar-refractivity contribution in [2.75, 3.05) is 6.61 Å². The topological polar surface area (TPSA) is 55.8 Å². The van der Waals surface area contributed by atoms with Crippen LogP contribution in [0, 0.1) is 5.92 Å². The third kappa shape index (κ3) is 3.90. The van der Waals surface area contributed by atoms with Gasteiger partial charge >= 0.3 is 0 Å². The molecule has 1 aliphatic heterocycles. The Morgan fingerprint density at radius 2 is 2.11 bits per heavy atom. The van der Waals surface area contributed by atoms with E-state index in [4.69, 9.17) is 9.47 Å². The minimum Gasteiger partial charge on any atom is -0.383 e. The van der Waals surface area contributed by atoms with E-state index in [9.17, 15) is 9.90 Å². The molecule has 0 radical (unpaired) electrons. The lowest BCUT2D eigenvalue weighted by Crippen LogP contribution is -2.36. The average molecular weight is 256 g/mol. The number of carbonyl (C=O) groups excluding carboxylic acids is 1. The molecule has 0 saturated carbocycles. The lowest BCUT2D eigenvalue weighted by molar-refractivity contribution is -0.147. The Labute approximate surface area is 109 Å². The van der Waals surface area contributed by atoms with Crippen molar-refractivity contribution in [1.29, 1.82) is 0 Å². The van der Waals surface area contributed by atoms with Crippen LogP contribution in [0.25, 0.3) is 0 Å². The van der Waals surface area contributed by atoms with Crippen LogP contribution in [0.3, 0.4) is 0 Å². The predicted molar refractivity (Wildman–Crippen MR) is 69.1 cm³/mol. The van der Waals surface area contributed by atoms with Crippen molar-refractivity contribution in [3.8, 4) is 0 Å². The Kier molecular flexibility index (Phi) is 4.36. The summed E-state index contributed by atoms with van der Waals surface area (Å²) < 4.78 is 11.3. The molecule has 18 heavy (non-hydrogen) atoms. The van der Waals surface area contributed by atoms with Gasteiger partial charge in [-0.15, -0.1) is 0 Å². The van der Waals surface area contributed by atoms with Crippen LogP contribution in [0.2, 0.25) is 0 Å². The summed E-state index contributed by atoms with van der Waals surface area (Å²) in [7, 11) is 0. The standard InChI is InChI=1S/C14H24O4/c1-9(2)10(7-12(15)13(3,4)16)11-8-17-14(5,6)18-11/h10-11,16H,1,7-8H2,2-6H3/t10-,11+/m0/s1. The second-order valence-electron chi connectivity index (χ2n) is 6.01. The summed E-state index contributed by atoms with van der Waals surface area (Å²) in [6, 6.07) is 0. The molecule has 0 spiro atoms. The maximum Gasteiger partial charge on any atom is 0.164 e. The normalized spacial score (nSPS) is 24.9. The van der Waals surface area contributed by atoms with Crippen molar-refractivity contribution in [3.63, 3.8) is 0 Å². The zero-order chi connectivity index (χ0) is 14.1. The third-order valence-corrected chi connectivity index (χ3v) is 3.20. The number of carbonyl (C=O) groups is 1. The monoisotopic (exact) mass is 256 g/mol. The Morgan fingerprint density at radius 1 is 1.56 bits per heavy atom. The van der Waals surface area contributed by atoms with Crippen LogP contribution in [-0.2, 0) is 14.3 Å². The van der Waals surface area contributed by atoms with Crippen LogP contribution in [0.5, 0.6) is 0 Å². The van der Waals surface area contributed by atoms with E-state index in [0.29, 0.717) is 6.61 Å². The first-order valence-electron chi connectivity index (χ1n) is 6.26. The molecule has 104 valence electrons. The predicted octanol–water partition coefficient (Wildman–Crippen LogP) is 2.06. The molecule has 1 saturated heterocycles. The molecular weight excluding hydrogens is 232 g/mol. The van der Waals surface area contributed by atoms with E-state index in [1.807, 2.05) is 20.8 Å². The Balaban J connectivity index is 2.74. The van der Waals surface area contributed by atoms with Gasteiger partial charge in [0.2, 0.25) is 0 Å². The molecule has 1 heterocycles. The summed E-state index contributed by atoms with van der Waals surface area (Å²) >= 11 is 0. The SMILES string of the molecule is C=C(C)[C@H](CC(=O)C(C)(C)O)[C@H]1COC(C)(C)O1. The van der Waals surface area contributed by atoms with E-state index >= 15 is 0 Å². The molecule has 0 aromatic rings. The molecule has 1 aliphatic rings. The first-order valence-corrected chi connectivity index (χ1v) is 6.26. The lowest BCUT2D eigenvalue weighted by Gasteiger charge is -2.26. The molecule has 2 atom stereocenters. The highest BCUT2D eigenvalue weighted by molar-refractivity contribution is 5.86. The number of ketones is 1. The van der Waals surface area contributed by atoms with E-state index in [0.717, 1.165) is 5.57 Å². The molecule has 0 unspecified atom stereocenters. The van der Waals surface area contributed by atoms with E-state index in [-0.39, 0.29) is 24.2 Å². The Hall–Kier alpha value is -0.710. The van der Waals surface area contributed by atoms with Gasteiger partial charge in [0, 0.05) is 12.3 Å². The summed E-state index contributed by atoms with van der Waals surface area (Å²) in [5.74, 6) is -0.939.